The van der Waals surface area contributed by atoms with E-state index in [1.807, 2.05) is 26.0 Å². The van der Waals surface area contributed by atoms with Gasteiger partial charge in [-0.05, 0) is 49.4 Å². The van der Waals surface area contributed by atoms with E-state index in [2.05, 4.69) is 18.9 Å². The van der Waals surface area contributed by atoms with Crippen LogP contribution in [0.15, 0.2) is 17.2 Å². The summed E-state index contributed by atoms with van der Waals surface area (Å²) in [4.78, 5) is 0. The highest BCUT2D eigenvalue weighted by Crippen LogP contribution is 2.21. The van der Waals surface area contributed by atoms with Crippen molar-refractivity contribution in [1.82, 2.24) is 0 Å². The Balaban J connectivity index is 2.76. The minimum absolute atomic E-state index is 0.667. The van der Waals surface area contributed by atoms with E-state index >= 15 is 0 Å². The van der Waals surface area contributed by atoms with E-state index in [1.54, 1.807) is 6.21 Å². The second-order valence-corrected chi connectivity index (χ2v) is 4.78. The molecular weight excluding hydrogens is 212 g/mol. The molecule has 0 unspecified atom stereocenters. The summed E-state index contributed by atoms with van der Waals surface area (Å²) in [5.41, 5.74) is 3.35. The average Bonchev–Trinajstić information content (AvgIpc) is 2.23. The molecule has 0 bridgehead atoms. The van der Waals surface area contributed by atoms with Gasteiger partial charge in [0.2, 0.25) is 0 Å². The van der Waals surface area contributed by atoms with Crippen molar-refractivity contribution >= 4 is 6.21 Å². The molecule has 0 aliphatic heterocycles. The van der Waals surface area contributed by atoms with Crippen molar-refractivity contribution in [2.24, 2.45) is 16.9 Å². The lowest BCUT2D eigenvalue weighted by Gasteiger charge is -2.11. The average molecular weight is 234 g/mol. The number of hydrogen-bond donors (Lipinski definition) is 1. The third-order valence-electron chi connectivity index (χ3n) is 2.73. The van der Waals surface area contributed by atoms with Gasteiger partial charge in [0.1, 0.15) is 5.75 Å². The highest BCUT2D eigenvalue weighted by atomic mass is 16.5. The monoisotopic (exact) mass is 234 g/mol. The molecule has 0 radical (unpaired) electrons. The maximum absolute atomic E-state index is 5.74. The lowest BCUT2D eigenvalue weighted by atomic mass is 10.0. The highest BCUT2D eigenvalue weighted by Gasteiger charge is 2.04. The van der Waals surface area contributed by atoms with E-state index in [-0.39, 0.29) is 0 Å². The van der Waals surface area contributed by atoms with Gasteiger partial charge in [0.05, 0.1) is 12.8 Å². The molecule has 0 aliphatic carbocycles. The Kier molecular flexibility index (Phi) is 5.01. The van der Waals surface area contributed by atoms with Crippen molar-refractivity contribution in [3.8, 4) is 5.75 Å². The van der Waals surface area contributed by atoms with Crippen LogP contribution in [0.5, 0.6) is 5.75 Å². The van der Waals surface area contributed by atoms with Crippen molar-refractivity contribution in [2.75, 3.05) is 6.61 Å². The summed E-state index contributed by atoms with van der Waals surface area (Å²) in [5, 5.41) is 3.58. The van der Waals surface area contributed by atoms with Gasteiger partial charge in [-0.15, -0.1) is 0 Å². The molecule has 17 heavy (non-hydrogen) atoms. The molecule has 94 valence electrons. The first-order chi connectivity index (χ1) is 8.04. The van der Waals surface area contributed by atoms with Gasteiger partial charge >= 0.3 is 0 Å². The van der Waals surface area contributed by atoms with Crippen LogP contribution in [0.1, 0.15) is 37.0 Å². The molecule has 2 N–H and O–H groups in total. The number of nitrogens with zero attached hydrogens (tertiary/aromatic N) is 1. The van der Waals surface area contributed by atoms with Gasteiger partial charge in [0.25, 0.3) is 0 Å². The largest absolute Gasteiger partial charge is 0.494 e. The molecule has 3 heteroatoms. The number of benzene rings is 1. The van der Waals surface area contributed by atoms with Crippen LogP contribution in [-0.4, -0.2) is 12.8 Å². The van der Waals surface area contributed by atoms with Crippen molar-refractivity contribution in [3.05, 3.63) is 28.8 Å². The van der Waals surface area contributed by atoms with E-state index in [1.165, 1.54) is 0 Å². The molecular formula is C14H22N2O. The predicted molar refractivity (Wildman–Crippen MR) is 72.6 cm³/mol. The number of aryl methyl sites for hydroxylation is 2. The molecule has 3 nitrogen and oxygen atoms in total. The van der Waals surface area contributed by atoms with E-state index in [0.717, 1.165) is 35.5 Å². The Labute approximate surface area is 104 Å². The first kappa shape index (κ1) is 13.6. The second-order valence-electron chi connectivity index (χ2n) is 4.78. The summed E-state index contributed by atoms with van der Waals surface area (Å²) < 4.78 is 5.74. The Morgan fingerprint density at radius 1 is 1.29 bits per heavy atom. The minimum atomic E-state index is 0.667. The molecule has 0 aliphatic rings. The van der Waals surface area contributed by atoms with Crippen molar-refractivity contribution < 1.29 is 4.74 Å². The minimum Gasteiger partial charge on any atom is -0.494 e. The summed E-state index contributed by atoms with van der Waals surface area (Å²) in [5.74, 6) is 6.78. The molecule has 1 aromatic rings. The maximum atomic E-state index is 5.74. The van der Waals surface area contributed by atoms with E-state index in [9.17, 15) is 0 Å². The van der Waals surface area contributed by atoms with Gasteiger partial charge in [-0.3, -0.25) is 0 Å². The lowest BCUT2D eigenvalue weighted by Crippen LogP contribution is -2.03. The van der Waals surface area contributed by atoms with Crippen LogP contribution in [0.2, 0.25) is 0 Å². The fourth-order valence-corrected chi connectivity index (χ4v) is 1.71. The summed E-state index contributed by atoms with van der Waals surface area (Å²) in [7, 11) is 0. The van der Waals surface area contributed by atoms with Crippen molar-refractivity contribution in [2.45, 2.75) is 34.1 Å². The van der Waals surface area contributed by atoms with Crippen molar-refractivity contribution in [1.29, 1.82) is 0 Å². The summed E-state index contributed by atoms with van der Waals surface area (Å²) in [6, 6.07) is 4.06. The molecule has 0 atom stereocenters. The van der Waals surface area contributed by atoms with E-state index < -0.39 is 0 Å². The van der Waals surface area contributed by atoms with Crippen LogP contribution in [0.25, 0.3) is 0 Å². The summed E-state index contributed by atoms with van der Waals surface area (Å²) in [6.07, 6.45) is 2.76. The summed E-state index contributed by atoms with van der Waals surface area (Å²) >= 11 is 0. The van der Waals surface area contributed by atoms with Gasteiger partial charge in [-0.2, -0.15) is 5.10 Å². The quantitative estimate of drug-likeness (QED) is 0.483. The van der Waals surface area contributed by atoms with Crippen LogP contribution in [0.3, 0.4) is 0 Å². The maximum Gasteiger partial charge on any atom is 0.119 e. The number of hydrogen-bond acceptors (Lipinski definition) is 3. The van der Waals surface area contributed by atoms with E-state index in [4.69, 9.17) is 10.6 Å². The molecule has 0 saturated carbocycles. The molecule has 0 fully saturated rings. The zero-order chi connectivity index (χ0) is 12.8. The first-order valence-electron chi connectivity index (χ1n) is 6.02. The molecule has 1 aromatic carbocycles. The number of nitrogens with two attached hydrogens (primary N) is 1. The Hall–Kier alpha value is -1.51. The highest BCUT2D eigenvalue weighted by molar-refractivity contribution is 5.83. The second kappa shape index (κ2) is 6.28. The first-order valence-corrected chi connectivity index (χ1v) is 6.02. The zero-order valence-corrected chi connectivity index (χ0v) is 11.2. The van der Waals surface area contributed by atoms with Crippen molar-refractivity contribution in [3.63, 3.8) is 0 Å². The Bertz CT molecular complexity index is 374. The van der Waals surface area contributed by atoms with Crippen LogP contribution < -0.4 is 10.6 Å². The third kappa shape index (κ3) is 4.10. The van der Waals surface area contributed by atoms with Gasteiger partial charge in [-0.25, -0.2) is 0 Å². The fraction of sp³-hybridized carbons (Fsp3) is 0.500. The van der Waals surface area contributed by atoms with Gasteiger partial charge in [0, 0.05) is 5.56 Å². The van der Waals surface area contributed by atoms with Crippen LogP contribution in [0, 0.1) is 19.8 Å². The number of ether oxygens (including phenoxy) is 1. The van der Waals surface area contributed by atoms with Crippen LogP contribution in [0.4, 0.5) is 0 Å². The Morgan fingerprint density at radius 2 is 1.88 bits per heavy atom. The standard InChI is InChI=1S/C14H22N2O/c1-10(2)5-6-17-13-7-11(3)14(9-16-15)12(4)8-13/h7-10H,5-6,15H2,1-4H3. The van der Waals surface area contributed by atoms with Crippen LogP contribution in [-0.2, 0) is 0 Å². The van der Waals surface area contributed by atoms with Gasteiger partial charge < -0.3 is 10.6 Å². The SMILES string of the molecule is Cc1cc(OCCC(C)C)cc(C)c1C=NN. The van der Waals surface area contributed by atoms with Crippen LogP contribution >= 0.6 is 0 Å². The normalized spacial score (nSPS) is 11.4. The van der Waals surface area contributed by atoms with Gasteiger partial charge in [0.15, 0.2) is 0 Å². The third-order valence-corrected chi connectivity index (χ3v) is 2.73. The number of rotatable bonds is 5. The molecule has 0 spiro atoms. The molecule has 1 rings (SSSR count). The van der Waals surface area contributed by atoms with Gasteiger partial charge in [-0.1, -0.05) is 13.8 Å². The lowest BCUT2D eigenvalue weighted by molar-refractivity contribution is 0.289. The fourth-order valence-electron chi connectivity index (χ4n) is 1.71. The number of hydrazone groups is 1. The summed E-state index contributed by atoms with van der Waals surface area (Å²) in [6.45, 7) is 9.24. The topological polar surface area (TPSA) is 47.6 Å². The Morgan fingerprint density at radius 3 is 2.35 bits per heavy atom. The molecule has 0 aromatic heterocycles. The predicted octanol–water partition coefficient (Wildman–Crippen LogP) is 3.02. The molecule has 0 saturated heterocycles. The molecule has 0 heterocycles. The smallest absolute Gasteiger partial charge is 0.119 e. The van der Waals surface area contributed by atoms with E-state index in [0.29, 0.717) is 5.92 Å². The molecule has 0 amide bonds. The zero-order valence-electron chi connectivity index (χ0n) is 11.2.